The maximum atomic E-state index is 13.0. The lowest BCUT2D eigenvalue weighted by molar-refractivity contribution is 0.304. The number of benzene rings is 3. The number of rotatable bonds is 5. The van der Waals surface area contributed by atoms with Gasteiger partial charge in [0.15, 0.2) is 5.43 Å². The minimum atomic E-state index is -0.0711. The molecule has 4 rings (SSSR count). The zero-order valence-electron chi connectivity index (χ0n) is 17.6. The van der Waals surface area contributed by atoms with E-state index >= 15 is 0 Å². The fraction of sp³-hybridized carbons (Fsp3) is 0.192. The lowest BCUT2D eigenvalue weighted by atomic mass is 10.0. The monoisotopic (exact) mass is 400 g/mol. The largest absolute Gasteiger partial charge is 0.497 e. The summed E-state index contributed by atoms with van der Waals surface area (Å²) in [6.07, 6.45) is 1.50. The van der Waals surface area contributed by atoms with E-state index < -0.39 is 0 Å². The molecule has 0 saturated heterocycles. The molecule has 1 aromatic heterocycles. The second-order valence-electron chi connectivity index (χ2n) is 7.53. The highest BCUT2D eigenvalue weighted by Crippen LogP contribution is 2.26. The van der Waals surface area contributed by atoms with Crippen LogP contribution in [-0.2, 0) is 6.61 Å². The van der Waals surface area contributed by atoms with E-state index in [1.807, 2.05) is 30.3 Å². The first-order valence-corrected chi connectivity index (χ1v) is 9.86. The SMILES string of the molecule is COc1ccc(-c2coc3cc(OCc4c(C)cc(C)cc4C)ccc3c2=O)cc1. The van der Waals surface area contributed by atoms with Gasteiger partial charge in [0, 0.05) is 6.07 Å². The Balaban J connectivity index is 1.61. The molecule has 0 atom stereocenters. The van der Waals surface area contributed by atoms with Gasteiger partial charge in [0.25, 0.3) is 0 Å². The molecular formula is C26H24O4. The van der Waals surface area contributed by atoms with Gasteiger partial charge in [-0.15, -0.1) is 0 Å². The van der Waals surface area contributed by atoms with Gasteiger partial charge in [-0.1, -0.05) is 29.8 Å². The van der Waals surface area contributed by atoms with Crippen LogP contribution in [0.25, 0.3) is 22.1 Å². The summed E-state index contributed by atoms with van der Waals surface area (Å²) in [5.41, 5.74) is 6.59. The minimum absolute atomic E-state index is 0.0711. The summed E-state index contributed by atoms with van der Waals surface area (Å²) in [6.45, 7) is 6.76. The van der Waals surface area contributed by atoms with Crippen LogP contribution in [-0.4, -0.2) is 7.11 Å². The van der Waals surface area contributed by atoms with Crippen LogP contribution < -0.4 is 14.9 Å². The van der Waals surface area contributed by atoms with E-state index in [2.05, 4.69) is 32.9 Å². The van der Waals surface area contributed by atoms with E-state index in [-0.39, 0.29) is 5.43 Å². The summed E-state index contributed by atoms with van der Waals surface area (Å²) in [5.74, 6) is 1.41. The normalized spacial score (nSPS) is 10.9. The molecule has 0 radical (unpaired) electrons. The first-order chi connectivity index (χ1) is 14.5. The van der Waals surface area contributed by atoms with Crippen LogP contribution in [0.4, 0.5) is 0 Å². The van der Waals surface area contributed by atoms with E-state index in [9.17, 15) is 4.79 Å². The summed E-state index contributed by atoms with van der Waals surface area (Å²) in [4.78, 5) is 13.0. The zero-order chi connectivity index (χ0) is 21.3. The standard InChI is InChI=1S/C26H24O4/c1-16-11-17(2)23(18(3)12-16)14-29-21-9-10-22-25(13-21)30-15-24(26(22)27)19-5-7-20(28-4)8-6-19/h5-13,15H,14H2,1-4H3. The third-order valence-electron chi connectivity index (χ3n) is 5.37. The van der Waals surface area contributed by atoms with E-state index in [1.54, 1.807) is 19.2 Å². The van der Waals surface area contributed by atoms with Gasteiger partial charge in [-0.3, -0.25) is 4.79 Å². The molecule has 0 saturated carbocycles. The number of fused-ring (bicyclic) bond motifs is 1. The van der Waals surface area contributed by atoms with Crippen molar-refractivity contribution in [3.8, 4) is 22.6 Å². The first kappa shape index (κ1) is 19.8. The third kappa shape index (κ3) is 3.81. The second-order valence-corrected chi connectivity index (χ2v) is 7.53. The molecule has 0 bridgehead atoms. The van der Waals surface area contributed by atoms with Crippen molar-refractivity contribution in [3.05, 3.63) is 93.3 Å². The molecule has 0 unspecified atom stereocenters. The molecule has 0 aliphatic carbocycles. The molecule has 0 fully saturated rings. The Morgan fingerprint density at radius 2 is 1.53 bits per heavy atom. The van der Waals surface area contributed by atoms with Crippen molar-refractivity contribution in [3.63, 3.8) is 0 Å². The number of hydrogen-bond donors (Lipinski definition) is 0. The number of ether oxygens (including phenoxy) is 2. The van der Waals surface area contributed by atoms with Crippen molar-refractivity contribution >= 4 is 11.0 Å². The molecule has 3 aromatic carbocycles. The quantitative estimate of drug-likeness (QED) is 0.414. The van der Waals surface area contributed by atoms with Crippen LogP contribution in [0.5, 0.6) is 11.5 Å². The molecule has 0 spiro atoms. The average molecular weight is 400 g/mol. The summed E-state index contributed by atoms with van der Waals surface area (Å²) >= 11 is 0. The summed E-state index contributed by atoms with van der Waals surface area (Å²) < 4.78 is 17.0. The van der Waals surface area contributed by atoms with Crippen molar-refractivity contribution in [2.45, 2.75) is 27.4 Å². The van der Waals surface area contributed by atoms with Gasteiger partial charge in [0.1, 0.15) is 30.0 Å². The third-order valence-corrected chi connectivity index (χ3v) is 5.37. The Kier molecular flexibility index (Phi) is 5.32. The highest BCUT2D eigenvalue weighted by atomic mass is 16.5. The number of aryl methyl sites for hydroxylation is 3. The Bertz CT molecular complexity index is 1240. The molecule has 4 aromatic rings. The lowest BCUT2D eigenvalue weighted by Gasteiger charge is -2.13. The highest BCUT2D eigenvalue weighted by molar-refractivity contribution is 5.82. The molecule has 0 aliphatic rings. The van der Waals surface area contributed by atoms with Gasteiger partial charge >= 0.3 is 0 Å². The Labute approximate surface area is 175 Å². The van der Waals surface area contributed by atoms with Crippen LogP contribution >= 0.6 is 0 Å². The maximum absolute atomic E-state index is 13.0. The topological polar surface area (TPSA) is 48.7 Å². The molecular weight excluding hydrogens is 376 g/mol. The molecule has 30 heavy (non-hydrogen) atoms. The Morgan fingerprint density at radius 3 is 2.20 bits per heavy atom. The van der Waals surface area contributed by atoms with Crippen LogP contribution in [0.2, 0.25) is 0 Å². The number of hydrogen-bond acceptors (Lipinski definition) is 4. The van der Waals surface area contributed by atoms with E-state index in [0.29, 0.717) is 28.9 Å². The van der Waals surface area contributed by atoms with Gasteiger partial charge in [-0.05, 0) is 67.3 Å². The number of methoxy groups -OCH3 is 1. The van der Waals surface area contributed by atoms with Crippen molar-refractivity contribution in [1.29, 1.82) is 0 Å². The molecule has 0 N–H and O–H groups in total. The fourth-order valence-electron chi connectivity index (χ4n) is 3.76. The van der Waals surface area contributed by atoms with E-state index in [4.69, 9.17) is 13.9 Å². The predicted molar refractivity (Wildman–Crippen MR) is 119 cm³/mol. The van der Waals surface area contributed by atoms with Crippen molar-refractivity contribution in [2.24, 2.45) is 0 Å². The van der Waals surface area contributed by atoms with Crippen LogP contribution in [0.3, 0.4) is 0 Å². The van der Waals surface area contributed by atoms with Crippen LogP contribution in [0.1, 0.15) is 22.3 Å². The molecule has 4 nitrogen and oxygen atoms in total. The van der Waals surface area contributed by atoms with Gasteiger partial charge in [0.05, 0.1) is 18.1 Å². The minimum Gasteiger partial charge on any atom is -0.497 e. The van der Waals surface area contributed by atoms with Crippen molar-refractivity contribution in [1.82, 2.24) is 0 Å². The summed E-state index contributed by atoms with van der Waals surface area (Å²) in [6, 6.07) is 17.0. The van der Waals surface area contributed by atoms with Crippen molar-refractivity contribution < 1.29 is 13.9 Å². The summed E-state index contributed by atoms with van der Waals surface area (Å²) in [7, 11) is 1.61. The van der Waals surface area contributed by atoms with E-state index in [0.717, 1.165) is 11.3 Å². The maximum Gasteiger partial charge on any atom is 0.200 e. The fourth-order valence-corrected chi connectivity index (χ4v) is 3.76. The molecule has 0 aliphatic heterocycles. The van der Waals surface area contributed by atoms with Gasteiger partial charge < -0.3 is 13.9 Å². The molecule has 152 valence electrons. The van der Waals surface area contributed by atoms with Crippen LogP contribution in [0, 0.1) is 20.8 Å². The Hall–Kier alpha value is -3.53. The van der Waals surface area contributed by atoms with Crippen LogP contribution in [0.15, 0.2) is 70.1 Å². The predicted octanol–water partition coefficient (Wildman–Crippen LogP) is 5.97. The molecule has 0 amide bonds. The molecule has 4 heteroatoms. The smallest absolute Gasteiger partial charge is 0.200 e. The van der Waals surface area contributed by atoms with Crippen molar-refractivity contribution in [2.75, 3.05) is 7.11 Å². The first-order valence-electron chi connectivity index (χ1n) is 9.86. The second kappa shape index (κ2) is 8.07. The van der Waals surface area contributed by atoms with Gasteiger partial charge in [0.2, 0.25) is 0 Å². The zero-order valence-corrected chi connectivity index (χ0v) is 17.6. The average Bonchev–Trinajstić information content (AvgIpc) is 2.73. The van der Waals surface area contributed by atoms with Gasteiger partial charge in [-0.25, -0.2) is 0 Å². The lowest BCUT2D eigenvalue weighted by Crippen LogP contribution is -2.05. The highest BCUT2D eigenvalue weighted by Gasteiger charge is 2.11. The summed E-state index contributed by atoms with van der Waals surface area (Å²) in [5, 5.41) is 0.526. The van der Waals surface area contributed by atoms with Gasteiger partial charge in [-0.2, -0.15) is 0 Å². The van der Waals surface area contributed by atoms with E-state index in [1.165, 1.54) is 28.5 Å². The Morgan fingerprint density at radius 1 is 0.867 bits per heavy atom. The molecule has 1 heterocycles.